The highest BCUT2D eigenvalue weighted by atomic mass is 32.1. The monoisotopic (exact) mass is 183 g/mol. The molecule has 1 aromatic heterocycles. The number of thiazole rings is 1. The Balaban J connectivity index is 1.95. The summed E-state index contributed by atoms with van der Waals surface area (Å²) in [5.41, 5.74) is 1.86. The molecule has 3 heteroatoms. The summed E-state index contributed by atoms with van der Waals surface area (Å²) in [6, 6.07) is 0. The zero-order valence-corrected chi connectivity index (χ0v) is 7.76. The molecule has 0 radical (unpaired) electrons. The van der Waals surface area contributed by atoms with Gasteiger partial charge in [0.25, 0.3) is 0 Å². The van der Waals surface area contributed by atoms with E-state index < -0.39 is 0 Å². The normalized spacial score (nSPS) is 29.4. The predicted octanol–water partition coefficient (Wildman–Crippen LogP) is 1.85. The lowest BCUT2D eigenvalue weighted by atomic mass is 10.0. The van der Waals surface area contributed by atoms with Crippen molar-refractivity contribution in [2.24, 2.45) is 5.92 Å². The molecule has 0 amide bonds. The lowest BCUT2D eigenvalue weighted by Crippen LogP contribution is -2.14. The number of rotatable bonds is 2. The van der Waals surface area contributed by atoms with E-state index in [1.165, 1.54) is 17.7 Å². The molecule has 0 aromatic carbocycles. The molecule has 0 aliphatic heterocycles. The maximum absolute atomic E-state index is 9.57. The summed E-state index contributed by atoms with van der Waals surface area (Å²) >= 11 is 1.69. The molecular weight excluding hydrogens is 170 g/mol. The van der Waals surface area contributed by atoms with Gasteiger partial charge in [-0.05, 0) is 25.2 Å². The predicted molar refractivity (Wildman–Crippen MR) is 49.2 cm³/mol. The van der Waals surface area contributed by atoms with Crippen LogP contribution in [0.2, 0.25) is 0 Å². The standard InChI is InChI=1S/C9H13NOS/c11-9-3-1-2-7(9)4-8-5-10-6-12-8/h5-7,9,11H,1-4H2/t7-,9+/m0/s1. The Morgan fingerprint density at radius 3 is 3.08 bits per heavy atom. The van der Waals surface area contributed by atoms with Crippen LogP contribution in [0.15, 0.2) is 11.7 Å². The topological polar surface area (TPSA) is 33.1 Å². The molecule has 12 heavy (non-hydrogen) atoms. The van der Waals surface area contributed by atoms with Gasteiger partial charge in [-0.2, -0.15) is 0 Å². The molecule has 1 aromatic rings. The average molecular weight is 183 g/mol. The van der Waals surface area contributed by atoms with Crippen LogP contribution < -0.4 is 0 Å². The fourth-order valence-corrected chi connectivity index (χ4v) is 2.55. The van der Waals surface area contributed by atoms with Crippen LogP contribution in [0.4, 0.5) is 0 Å². The van der Waals surface area contributed by atoms with Gasteiger partial charge in [0.1, 0.15) is 0 Å². The molecule has 2 nitrogen and oxygen atoms in total. The fourth-order valence-electron chi connectivity index (χ4n) is 1.86. The Hall–Kier alpha value is -0.410. The molecule has 1 saturated carbocycles. The second-order valence-corrected chi connectivity index (χ2v) is 4.40. The van der Waals surface area contributed by atoms with Crippen LogP contribution >= 0.6 is 11.3 Å². The van der Waals surface area contributed by atoms with E-state index in [0.29, 0.717) is 5.92 Å². The number of hydrogen-bond donors (Lipinski definition) is 1. The lowest BCUT2D eigenvalue weighted by Gasteiger charge is -2.11. The second-order valence-electron chi connectivity index (χ2n) is 3.43. The smallest absolute Gasteiger partial charge is 0.0794 e. The highest BCUT2D eigenvalue weighted by Crippen LogP contribution is 2.29. The first-order valence-corrected chi connectivity index (χ1v) is 5.29. The first-order valence-electron chi connectivity index (χ1n) is 4.41. The van der Waals surface area contributed by atoms with E-state index in [1.807, 2.05) is 11.7 Å². The minimum Gasteiger partial charge on any atom is -0.393 e. The van der Waals surface area contributed by atoms with E-state index >= 15 is 0 Å². The molecule has 0 bridgehead atoms. The number of aliphatic hydroxyl groups is 1. The molecular formula is C9H13NOS. The van der Waals surface area contributed by atoms with Gasteiger partial charge in [-0.3, -0.25) is 4.98 Å². The Morgan fingerprint density at radius 1 is 1.58 bits per heavy atom. The fraction of sp³-hybridized carbons (Fsp3) is 0.667. The van der Waals surface area contributed by atoms with Gasteiger partial charge in [-0.1, -0.05) is 6.42 Å². The summed E-state index contributed by atoms with van der Waals surface area (Å²) in [6.45, 7) is 0. The van der Waals surface area contributed by atoms with Crippen molar-refractivity contribution >= 4 is 11.3 Å². The van der Waals surface area contributed by atoms with Crippen molar-refractivity contribution in [1.29, 1.82) is 0 Å². The molecule has 1 aliphatic rings. The molecule has 1 fully saturated rings. The van der Waals surface area contributed by atoms with E-state index in [4.69, 9.17) is 0 Å². The van der Waals surface area contributed by atoms with Gasteiger partial charge >= 0.3 is 0 Å². The van der Waals surface area contributed by atoms with Gasteiger partial charge < -0.3 is 5.11 Å². The minimum absolute atomic E-state index is 0.0629. The summed E-state index contributed by atoms with van der Waals surface area (Å²) in [4.78, 5) is 5.33. The highest BCUT2D eigenvalue weighted by molar-refractivity contribution is 7.09. The van der Waals surface area contributed by atoms with Crippen molar-refractivity contribution in [2.45, 2.75) is 31.8 Å². The van der Waals surface area contributed by atoms with Crippen LogP contribution in [0.3, 0.4) is 0 Å². The summed E-state index contributed by atoms with van der Waals surface area (Å²) < 4.78 is 0. The summed E-state index contributed by atoms with van der Waals surface area (Å²) in [5, 5.41) is 9.57. The van der Waals surface area contributed by atoms with Crippen molar-refractivity contribution in [3.63, 3.8) is 0 Å². The van der Waals surface area contributed by atoms with E-state index in [1.54, 1.807) is 11.3 Å². The van der Waals surface area contributed by atoms with Crippen LogP contribution in [0, 0.1) is 5.92 Å². The van der Waals surface area contributed by atoms with Gasteiger partial charge in [0.05, 0.1) is 11.6 Å². The first-order chi connectivity index (χ1) is 5.86. The van der Waals surface area contributed by atoms with Gasteiger partial charge in [0.2, 0.25) is 0 Å². The zero-order valence-electron chi connectivity index (χ0n) is 6.94. The number of nitrogens with zero attached hydrogens (tertiary/aromatic N) is 1. The van der Waals surface area contributed by atoms with Crippen molar-refractivity contribution in [2.75, 3.05) is 0 Å². The highest BCUT2D eigenvalue weighted by Gasteiger charge is 2.25. The minimum atomic E-state index is -0.0629. The van der Waals surface area contributed by atoms with E-state index in [-0.39, 0.29) is 6.10 Å². The summed E-state index contributed by atoms with van der Waals surface area (Å²) in [6.07, 6.45) is 6.22. The Kier molecular flexibility index (Phi) is 2.42. The van der Waals surface area contributed by atoms with Crippen molar-refractivity contribution in [3.05, 3.63) is 16.6 Å². The second kappa shape index (κ2) is 3.54. The largest absolute Gasteiger partial charge is 0.393 e. The lowest BCUT2D eigenvalue weighted by molar-refractivity contribution is 0.133. The third-order valence-corrected chi connectivity index (χ3v) is 3.37. The summed E-state index contributed by atoms with van der Waals surface area (Å²) in [7, 11) is 0. The van der Waals surface area contributed by atoms with Crippen molar-refractivity contribution in [3.8, 4) is 0 Å². The van der Waals surface area contributed by atoms with Gasteiger partial charge in [-0.25, -0.2) is 0 Å². The van der Waals surface area contributed by atoms with Crippen LogP contribution in [-0.2, 0) is 6.42 Å². The van der Waals surface area contributed by atoms with Gasteiger partial charge in [0.15, 0.2) is 0 Å². The maximum atomic E-state index is 9.57. The molecule has 0 saturated heterocycles. The van der Waals surface area contributed by atoms with Crippen molar-refractivity contribution in [1.82, 2.24) is 4.98 Å². The number of hydrogen-bond acceptors (Lipinski definition) is 3. The molecule has 2 rings (SSSR count). The first kappa shape index (κ1) is 8.20. The van der Waals surface area contributed by atoms with Crippen LogP contribution in [0.1, 0.15) is 24.1 Å². The van der Waals surface area contributed by atoms with E-state index in [0.717, 1.165) is 12.8 Å². The quantitative estimate of drug-likeness (QED) is 0.759. The molecule has 1 heterocycles. The van der Waals surface area contributed by atoms with Gasteiger partial charge in [-0.15, -0.1) is 11.3 Å². The molecule has 2 atom stereocenters. The number of aromatic nitrogens is 1. The molecule has 0 unspecified atom stereocenters. The maximum Gasteiger partial charge on any atom is 0.0794 e. The number of aliphatic hydroxyl groups excluding tert-OH is 1. The molecule has 66 valence electrons. The van der Waals surface area contributed by atoms with Crippen LogP contribution in [0.25, 0.3) is 0 Å². The summed E-state index contributed by atoms with van der Waals surface area (Å²) in [5.74, 6) is 0.491. The Bertz CT molecular complexity index is 235. The molecule has 0 spiro atoms. The average Bonchev–Trinajstić information content (AvgIpc) is 2.65. The van der Waals surface area contributed by atoms with Crippen molar-refractivity contribution < 1.29 is 5.11 Å². The SMILES string of the molecule is O[C@@H]1CCC[C@H]1Cc1cncs1. The van der Waals surface area contributed by atoms with Crippen LogP contribution in [0.5, 0.6) is 0 Å². The molecule has 1 N–H and O–H groups in total. The van der Waals surface area contributed by atoms with Gasteiger partial charge in [0, 0.05) is 11.1 Å². The Labute approximate surface area is 76.3 Å². The van der Waals surface area contributed by atoms with E-state index in [9.17, 15) is 5.11 Å². The van der Waals surface area contributed by atoms with E-state index in [2.05, 4.69) is 4.98 Å². The zero-order chi connectivity index (χ0) is 8.39. The van der Waals surface area contributed by atoms with Crippen LogP contribution in [-0.4, -0.2) is 16.2 Å². The Morgan fingerprint density at radius 2 is 2.50 bits per heavy atom. The third kappa shape index (κ3) is 1.67. The third-order valence-electron chi connectivity index (χ3n) is 2.57. The molecule has 1 aliphatic carbocycles.